The van der Waals surface area contributed by atoms with Gasteiger partial charge in [-0.15, -0.1) is 0 Å². The largest absolute Gasteiger partial charge is 0.477 e. The third-order valence-corrected chi connectivity index (χ3v) is 2.65. The average molecular weight is 289 g/mol. The Morgan fingerprint density at radius 2 is 2.33 bits per heavy atom. The first-order valence-electron chi connectivity index (χ1n) is 6.74. The van der Waals surface area contributed by atoms with Gasteiger partial charge in [0.2, 0.25) is 11.8 Å². The summed E-state index contributed by atoms with van der Waals surface area (Å²) in [6.07, 6.45) is 6.05. The van der Waals surface area contributed by atoms with Gasteiger partial charge in [0.05, 0.1) is 12.3 Å². The van der Waals surface area contributed by atoms with Crippen LogP contribution in [0.5, 0.6) is 5.88 Å². The predicted octanol–water partition coefficient (Wildman–Crippen LogP) is 1.45. The fourth-order valence-electron chi connectivity index (χ4n) is 1.74. The van der Waals surface area contributed by atoms with Gasteiger partial charge in [0.1, 0.15) is 17.4 Å². The molecule has 0 saturated carbocycles. The highest BCUT2D eigenvalue weighted by Crippen LogP contribution is 2.29. The van der Waals surface area contributed by atoms with Crippen LogP contribution < -0.4 is 15.8 Å². The zero-order chi connectivity index (χ0) is 15.2. The van der Waals surface area contributed by atoms with E-state index in [1.54, 1.807) is 12.3 Å². The van der Waals surface area contributed by atoms with Crippen LogP contribution in [0.1, 0.15) is 13.8 Å². The Bertz CT molecular complexity index is 648. The van der Waals surface area contributed by atoms with Crippen molar-refractivity contribution in [2.75, 3.05) is 18.5 Å². The van der Waals surface area contributed by atoms with E-state index in [1.165, 1.54) is 12.4 Å². The van der Waals surface area contributed by atoms with Crippen LogP contribution in [0.3, 0.4) is 0 Å². The second-order valence-corrected chi connectivity index (χ2v) is 4.94. The number of rotatable bonds is 6. The number of carbonyl (C=O) groups is 1. The van der Waals surface area contributed by atoms with Crippen molar-refractivity contribution in [2.24, 2.45) is 11.7 Å². The van der Waals surface area contributed by atoms with Crippen molar-refractivity contribution in [3.8, 4) is 5.88 Å². The van der Waals surface area contributed by atoms with Gasteiger partial charge in [0.15, 0.2) is 0 Å². The third kappa shape index (κ3) is 3.79. The van der Waals surface area contributed by atoms with E-state index in [-0.39, 0.29) is 5.91 Å². The number of H-pyrrole nitrogens is 1. The lowest BCUT2D eigenvalue weighted by Crippen LogP contribution is -2.10. The maximum absolute atomic E-state index is 11.7. The van der Waals surface area contributed by atoms with Crippen molar-refractivity contribution in [3.05, 3.63) is 24.7 Å². The minimum atomic E-state index is -0.264. The number of amides is 1. The zero-order valence-corrected chi connectivity index (χ0v) is 12.1. The van der Waals surface area contributed by atoms with E-state index in [4.69, 9.17) is 10.5 Å². The Hall–Kier alpha value is -2.41. The second-order valence-electron chi connectivity index (χ2n) is 4.94. The molecule has 0 aliphatic rings. The highest BCUT2D eigenvalue weighted by atomic mass is 16.5. The summed E-state index contributed by atoms with van der Waals surface area (Å²) in [5.41, 5.74) is 6.51. The van der Waals surface area contributed by atoms with Crippen molar-refractivity contribution < 1.29 is 9.53 Å². The number of fused-ring (bicyclic) bond motifs is 1. The molecule has 7 heteroatoms. The molecule has 2 aromatic heterocycles. The Labute approximate surface area is 122 Å². The summed E-state index contributed by atoms with van der Waals surface area (Å²) in [7, 11) is 0. The molecular formula is C14H19N5O2. The van der Waals surface area contributed by atoms with Crippen LogP contribution in [-0.4, -0.2) is 34.0 Å². The molecule has 2 rings (SSSR count). The van der Waals surface area contributed by atoms with E-state index < -0.39 is 0 Å². The first-order chi connectivity index (χ1) is 10.1. The summed E-state index contributed by atoms with van der Waals surface area (Å²) in [6.45, 7) is 4.95. The van der Waals surface area contributed by atoms with E-state index in [0.29, 0.717) is 41.7 Å². The van der Waals surface area contributed by atoms with Crippen molar-refractivity contribution in [1.29, 1.82) is 0 Å². The smallest absolute Gasteiger partial charge is 0.248 e. The summed E-state index contributed by atoms with van der Waals surface area (Å²) in [6, 6.07) is 0. The number of nitrogens with two attached hydrogens (primary N) is 1. The Morgan fingerprint density at radius 1 is 1.52 bits per heavy atom. The Morgan fingerprint density at radius 3 is 3.05 bits per heavy atom. The topological polar surface area (TPSA) is 106 Å². The number of aromatic amines is 1. The number of aromatic nitrogens is 3. The van der Waals surface area contributed by atoms with Crippen LogP contribution in [-0.2, 0) is 4.79 Å². The molecule has 0 radical (unpaired) electrons. The van der Waals surface area contributed by atoms with Crippen molar-refractivity contribution in [3.63, 3.8) is 0 Å². The van der Waals surface area contributed by atoms with Gasteiger partial charge in [0, 0.05) is 18.8 Å². The zero-order valence-electron chi connectivity index (χ0n) is 12.1. The van der Waals surface area contributed by atoms with Crippen molar-refractivity contribution in [1.82, 2.24) is 15.0 Å². The van der Waals surface area contributed by atoms with Gasteiger partial charge in [-0.05, 0) is 5.92 Å². The minimum Gasteiger partial charge on any atom is -0.477 e. The normalized spacial score (nSPS) is 11.4. The van der Waals surface area contributed by atoms with Crippen LogP contribution >= 0.6 is 0 Å². The number of hydrogen-bond donors (Lipinski definition) is 3. The van der Waals surface area contributed by atoms with Gasteiger partial charge in [-0.1, -0.05) is 19.9 Å². The van der Waals surface area contributed by atoms with E-state index in [2.05, 4.69) is 34.1 Å². The molecule has 112 valence electrons. The van der Waals surface area contributed by atoms with Gasteiger partial charge in [-0.25, -0.2) is 9.97 Å². The number of carbonyl (C=O) groups excluding carboxylic acids is 1. The Kier molecular flexibility index (Phi) is 4.89. The Balaban J connectivity index is 2.27. The molecule has 0 aromatic carbocycles. The van der Waals surface area contributed by atoms with Crippen LogP contribution in [0.2, 0.25) is 0 Å². The molecular weight excluding hydrogens is 270 g/mol. The molecule has 2 heterocycles. The van der Waals surface area contributed by atoms with Crippen LogP contribution in [0.4, 0.5) is 5.69 Å². The molecule has 0 bridgehead atoms. The first kappa shape index (κ1) is 15.0. The molecule has 0 atom stereocenters. The maximum atomic E-state index is 11.7. The molecule has 0 fully saturated rings. The quantitative estimate of drug-likeness (QED) is 0.698. The summed E-state index contributed by atoms with van der Waals surface area (Å²) < 4.78 is 5.68. The number of anilines is 1. The summed E-state index contributed by atoms with van der Waals surface area (Å²) >= 11 is 0. The summed E-state index contributed by atoms with van der Waals surface area (Å²) in [5.74, 6) is 0.563. The van der Waals surface area contributed by atoms with Crippen molar-refractivity contribution in [2.45, 2.75) is 13.8 Å². The van der Waals surface area contributed by atoms with E-state index >= 15 is 0 Å². The number of hydrogen-bond acceptors (Lipinski definition) is 5. The molecule has 0 aliphatic carbocycles. The van der Waals surface area contributed by atoms with E-state index in [1.807, 2.05) is 0 Å². The predicted molar refractivity (Wildman–Crippen MR) is 81.0 cm³/mol. The van der Waals surface area contributed by atoms with Crippen LogP contribution in [0.15, 0.2) is 24.7 Å². The number of nitrogens with zero attached hydrogens (tertiary/aromatic N) is 2. The SMILES string of the molecule is CC(C)COc1ncnc2[nH]cc(NC(=O)C=CCN)c12. The van der Waals surface area contributed by atoms with E-state index in [9.17, 15) is 4.79 Å². The summed E-state index contributed by atoms with van der Waals surface area (Å²) in [5, 5.41) is 3.42. The number of nitrogens with one attached hydrogen (secondary N) is 2. The fourth-order valence-corrected chi connectivity index (χ4v) is 1.74. The molecule has 2 aromatic rings. The van der Waals surface area contributed by atoms with Gasteiger partial charge < -0.3 is 20.8 Å². The molecule has 21 heavy (non-hydrogen) atoms. The van der Waals surface area contributed by atoms with E-state index in [0.717, 1.165) is 0 Å². The van der Waals surface area contributed by atoms with Gasteiger partial charge in [-0.2, -0.15) is 0 Å². The lowest BCUT2D eigenvalue weighted by molar-refractivity contribution is -0.111. The maximum Gasteiger partial charge on any atom is 0.248 e. The van der Waals surface area contributed by atoms with Gasteiger partial charge in [-0.3, -0.25) is 4.79 Å². The number of ether oxygens (including phenoxy) is 1. The van der Waals surface area contributed by atoms with Crippen LogP contribution in [0.25, 0.3) is 11.0 Å². The third-order valence-electron chi connectivity index (χ3n) is 2.65. The second kappa shape index (κ2) is 6.85. The molecule has 0 aliphatic heterocycles. The van der Waals surface area contributed by atoms with Crippen molar-refractivity contribution >= 4 is 22.6 Å². The molecule has 0 unspecified atom stereocenters. The highest BCUT2D eigenvalue weighted by molar-refractivity contribution is 6.06. The highest BCUT2D eigenvalue weighted by Gasteiger charge is 2.14. The lowest BCUT2D eigenvalue weighted by atomic mass is 10.2. The fraction of sp³-hybridized carbons (Fsp3) is 0.357. The van der Waals surface area contributed by atoms with Crippen LogP contribution in [0, 0.1) is 5.92 Å². The molecule has 4 N–H and O–H groups in total. The lowest BCUT2D eigenvalue weighted by Gasteiger charge is -2.09. The van der Waals surface area contributed by atoms with Gasteiger partial charge in [0.25, 0.3) is 0 Å². The molecule has 1 amide bonds. The monoisotopic (exact) mass is 289 g/mol. The molecule has 0 spiro atoms. The summed E-state index contributed by atoms with van der Waals surface area (Å²) in [4.78, 5) is 23.0. The standard InChI is InChI=1S/C14H19N5O2/c1-9(2)7-21-14-12-10(19-11(20)4-3-5-15)6-16-13(12)17-8-18-14/h3-4,6,8-9H,5,7,15H2,1-2H3,(H,19,20)(H,16,17,18). The molecule has 0 saturated heterocycles. The van der Waals surface area contributed by atoms with Gasteiger partial charge >= 0.3 is 0 Å². The molecule has 7 nitrogen and oxygen atoms in total. The average Bonchev–Trinajstić information content (AvgIpc) is 2.86. The minimum absolute atomic E-state index is 0.264. The first-order valence-corrected chi connectivity index (χ1v) is 6.74.